The Balaban J connectivity index is 1.30. The van der Waals surface area contributed by atoms with E-state index in [4.69, 9.17) is 4.74 Å². The third kappa shape index (κ3) is 4.44. The third-order valence-electron chi connectivity index (χ3n) is 7.13. The number of likely N-dealkylation sites (tertiary alicyclic amines) is 2. The van der Waals surface area contributed by atoms with Gasteiger partial charge < -0.3 is 14.5 Å². The van der Waals surface area contributed by atoms with Crippen LogP contribution in [0, 0.1) is 6.92 Å². The maximum Gasteiger partial charge on any atom is 0.293 e. The largest absolute Gasteiger partial charge is 0.497 e. The van der Waals surface area contributed by atoms with Crippen LogP contribution in [0.15, 0.2) is 35.1 Å². The zero-order valence-electron chi connectivity index (χ0n) is 19.9. The Morgan fingerprint density at radius 2 is 1.74 bits per heavy atom. The summed E-state index contributed by atoms with van der Waals surface area (Å²) in [6.07, 6.45) is 5.90. The number of hydrogen-bond donors (Lipinski definition) is 0. The van der Waals surface area contributed by atoms with Gasteiger partial charge in [-0.15, -0.1) is 0 Å². The van der Waals surface area contributed by atoms with Crippen molar-refractivity contribution in [3.63, 3.8) is 0 Å². The summed E-state index contributed by atoms with van der Waals surface area (Å²) in [4.78, 5) is 30.6. The van der Waals surface area contributed by atoms with Crippen LogP contribution >= 0.6 is 0 Å². The van der Waals surface area contributed by atoms with Crippen molar-refractivity contribution in [3.05, 3.63) is 46.5 Å². The van der Waals surface area contributed by atoms with Crippen molar-refractivity contribution in [1.29, 1.82) is 0 Å². The standard InChI is InChI=1S/C25H32N6O3/c1-18-26-30(17-24(32)29-14-10-20(11-15-29)28-12-4-3-5-13-28)25(33)23-16-22(27-31(18)23)19-6-8-21(34-2)9-7-19/h6-9,16,20H,3-5,10-15,17H2,1-2H3. The molecule has 2 aliphatic heterocycles. The fraction of sp³-hybridized carbons (Fsp3) is 0.520. The normalized spacial score (nSPS) is 17.9. The number of benzene rings is 1. The van der Waals surface area contributed by atoms with Crippen LogP contribution in [0.4, 0.5) is 0 Å². The number of aromatic nitrogens is 4. The molecule has 4 heterocycles. The number of rotatable bonds is 5. The number of methoxy groups -OCH3 is 1. The first-order valence-corrected chi connectivity index (χ1v) is 12.2. The van der Waals surface area contributed by atoms with Gasteiger partial charge in [-0.3, -0.25) is 9.59 Å². The minimum atomic E-state index is -0.311. The molecule has 180 valence electrons. The fourth-order valence-electron chi connectivity index (χ4n) is 5.18. The zero-order chi connectivity index (χ0) is 23.7. The van der Waals surface area contributed by atoms with E-state index in [0.29, 0.717) is 23.1 Å². The van der Waals surface area contributed by atoms with E-state index in [2.05, 4.69) is 15.1 Å². The first-order valence-electron chi connectivity index (χ1n) is 12.2. The van der Waals surface area contributed by atoms with Crippen LogP contribution < -0.4 is 10.3 Å². The van der Waals surface area contributed by atoms with Crippen LogP contribution in [-0.4, -0.2) is 74.4 Å². The van der Waals surface area contributed by atoms with E-state index >= 15 is 0 Å². The fourth-order valence-corrected chi connectivity index (χ4v) is 5.18. The molecule has 9 nitrogen and oxygen atoms in total. The van der Waals surface area contributed by atoms with Gasteiger partial charge >= 0.3 is 0 Å². The minimum Gasteiger partial charge on any atom is -0.497 e. The molecule has 5 rings (SSSR count). The number of fused-ring (bicyclic) bond motifs is 1. The Hall–Kier alpha value is -3.20. The van der Waals surface area contributed by atoms with Gasteiger partial charge in [0.05, 0.1) is 12.8 Å². The molecular formula is C25H32N6O3. The summed E-state index contributed by atoms with van der Waals surface area (Å²) in [5.41, 5.74) is 1.65. The monoisotopic (exact) mass is 464 g/mol. The Morgan fingerprint density at radius 3 is 2.41 bits per heavy atom. The molecule has 0 radical (unpaired) electrons. The Labute approximate surface area is 198 Å². The van der Waals surface area contributed by atoms with Crippen molar-refractivity contribution in [2.75, 3.05) is 33.3 Å². The highest BCUT2D eigenvalue weighted by Crippen LogP contribution is 2.23. The highest BCUT2D eigenvalue weighted by atomic mass is 16.5. The average Bonchev–Trinajstić information content (AvgIpc) is 3.34. The van der Waals surface area contributed by atoms with Crippen LogP contribution in [-0.2, 0) is 11.3 Å². The molecule has 2 aliphatic rings. The second kappa shape index (κ2) is 9.58. The van der Waals surface area contributed by atoms with E-state index in [1.165, 1.54) is 37.0 Å². The summed E-state index contributed by atoms with van der Waals surface area (Å²) in [5.74, 6) is 1.27. The van der Waals surface area contributed by atoms with E-state index in [1.54, 1.807) is 24.6 Å². The van der Waals surface area contributed by atoms with Gasteiger partial charge in [-0.25, -0.2) is 9.20 Å². The summed E-state index contributed by atoms with van der Waals surface area (Å²) in [6.45, 7) is 5.59. The molecule has 34 heavy (non-hydrogen) atoms. The average molecular weight is 465 g/mol. The molecule has 2 fully saturated rings. The molecule has 1 amide bonds. The molecule has 0 spiro atoms. The maximum atomic E-state index is 13.1. The summed E-state index contributed by atoms with van der Waals surface area (Å²) in [5, 5.41) is 8.95. The SMILES string of the molecule is COc1ccc(-c2cc3c(=O)n(CC(=O)N4CCC(N5CCCCC5)CC4)nc(C)n3n2)cc1. The van der Waals surface area contributed by atoms with Gasteiger partial charge in [0.2, 0.25) is 5.91 Å². The molecular weight excluding hydrogens is 432 g/mol. The number of carbonyl (C=O) groups excluding carboxylic acids is 1. The van der Waals surface area contributed by atoms with Gasteiger partial charge in [0.1, 0.15) is 23.6 Å². The number of amides is 1. The van der Waals surface area contributed by atoms with E-state index in [0.717, 1.165) is 37.2 Å². The summed E-state index contributed by atoms with van der Waals surface area (Å²) in [6, 6.07) is 9.85. The van der Waals surface area contributed by atoms with Crippen LogP contribution in [0.2, 0.25) is 0 Å². The first-order chi connectivity index (χ1) is 16.5. The van der Waals surface area contributed by atoms with Crippen molar-refractivity contribution in [3.8, 4) is 17.0 Å². The van der Waals surface area contributed by atoms with Gasteiger partial charge in [0.15, 0.2) is 0 Å². The summed E-state index contributed by atoms with van der Waals surface area (Å²) < 4.78 is 8.04. The molecule has 0 N–H and O–H groups in total. The van der Waals surface area contributed by atoms with E-state index in [-0.39, 0.29) is 18.0 Å². The molecule has 0 saturated carbocycles. The van der Waals surface area contributed by atoms with E-state index in [1.807, 2.05) is 29.2 Å². The maximum absolute atomic E-state index is 13.1. The minimum absolute atomic E-state index is 0.0480. The highest BCUT2D eigenvalue weighted by Gasteiger charge is 2.28. The Bertz CT molecular complexity index is 1220. The van der Waals surface area contributed by atoms with Crippen LogP contribution in [0.3, 0.4) is 0 Å². The van der Waals surface area contributed by atoms with Crippen molar-refractivity contribution in [1.82, 2.24) is 29.2 Å². The quantitative estimate of drug-likeness (QED) is 0.576. The van der Waals surface area contributed by atoms with Crippen LogP contribution in [0.1, 0.15) is 37.9 Å². The highest BCUT2D eigenvalue weighted by molar-refractivity contribution is 5.76. The van der Waals surface area contributed by atoms with Gasteiger partial charge in [-0.2, -0.15) is 10.2 Å². The van der Waals surface area contributed by atoms with E-state index < -0.39 is 0 Å². The van der Waals surface area contributed by atoms with E-state index in [9.17, 15) is 9.59 Å². The molecule has 0 aliphatic carbocycles. The second-order valence-corrected chi connectivity index (χ2v) is 9.27. The predicted octanol–water partition coefficient (Wildman–Crippen LogP) is 2.35. The molecule has 9 heteroatoms. The lowest BCUT2D eigenvalue weighted by molar-refractivity contribution is -0.133. The van der Waals surface area contributed by atoms with Gasteiger partial charge in [-0.1, -0.05) is 6.42 Å². The Morgan fingerprint density at radius 1 is 1.03 bits per heavy atom. The molecule has 2 saturated heterocycles. The third-order valence-corrected chi connectivity index (χ3v) is 7.13. The molecule has 0 bridgehead atoms. The Kier molecular flexibility index (Phi) is 6.36. The zero-order valence-corrected chi connectivity index (χ0v) is 19.9. The molecule has 3 aromatic rings. The van der Waals surface area contributed by atoms with Crippen molar-refractivity contribution >= 4 is 11.4 Å². The molecule has 0 unspecified atom stereocenters. The number of nitrogens with zero attached hydrogens (tertiary/aromatic N) is 6. The molecule has 2 aromatic heterocycles. The lowest BCUT2D eigenvalue weighted by atomic mass is 10.00. The number of hydrogen-bond acceptors (Lipinski definition) is 6. The van der Waals surface area contributed by atoms with Crippen molar-refractivity contribution < 1.29 is 9.53 Å². The number of aryl methyl sites for hydroxylation is 1. The smallest absolute Gasteiger partial charge is 0.293 e. The van der Waals surface area contributed by atoms with Crippen LogP contribution in [0.25, 0.3) is 16.8 Å². The topological polar surface area (TPSA) is 85.0 Å². The predicted molar refractivity (Wildman–Crippen MR) is 129 cm³/mol. The summed E-state index contributed by atoms with van der Waals surface area (Å²) in [7, 11) is 1.62. The lowest BCUT2D eigenvalue weighted by Crippen LogP contribution is -2.49. The van der Waals surface area contributed by atoms with Gasteiger partial charge in [0, 0.05) is 24.7 Å². The number of piperidine rings is 2. The molecule has 0 atom stereocenters. The first kappa shape index (κ1) is 22.6. The lowest BCUT2D eigenvalue weighted by Gasteiger charge is -2.40. The summed E-state index contributed by atoms with van der Waals surface area (Å²) >= 11 is 0. The van der Waals surface area contributed by atoms with Crippen LogP contribution in [0.5, 0.6) is 5.75 Å². The van der Waals surface area contributed by atoms with Gasteiger partial charge in [0.25, 0.3) is 5.56 Å². The van der Waals surface area contributed by atoms with Crippen molar-refractivity contribution in [2.45, 2.75) is 51.6 Å². The second-order valence-electron chi connectivity index (χ2n) is 9.27. The molecule has 1 aromatic carbocycles. The number of ether oxygens (including phenoxy) is 1. The van der Waals surface area contributed by atoms with Crippen molar-refractivity contribution in [2.24, 2.45) is 0 Å². The van der Waals surface area contributed by atoms with Gasteiger partial charge in [-0.05, 0) is 76.0 Å². The number of carbonyl (C=O) groups is 1.